The van der Waals surface area contributed by atoms with Crippen LogP contribution in [0.4, 0.5) is 0 Å². The smallest absolute Gasteiger partial charge is 0.325 e. The number of β-lactam (4-membered cyclic amide) rings is 2. The molecule has 0 radical (unpaired) electrons. The van der Waals surface area contributed by atoms with Crippen LogP contribution in [-0.4, -0.2) is 33.4 Å². The second kappa shape index (κ2) is 2.29. The molecule has 2 aliphatic rings. The molecule has 0 bridgehead atoms. The summed E-state index contributed by atoms with van der Waals surface area (Å²) in [6.45, 7) is 0. The summed E-state index contributed by atoms with van der Waals surface area (Å²) in [5.41, 5.74) is 1.37. The van der Waals surface area contributed by atoms with E-state index in [1.807, 2.05) is 0 Å². The summed E-state index contributed by atoms with van der Waals surface area (Å²) < 4.78 is 0. The Morgan fingerprint density at radius 1 is 1.38 bits per heavy atom. The quantitative estimate of drug-likeness (QED) is 0.428. The van der Waals surface area contributed by atoms with Gasteiger partial charge in [-0.3, -0.25) is 14.4 Å². The molecule has 13 heavy (non-hydrogen) atoms. The van der Waals surface area contributed by atoms with Crippen LogP contribution >= 0.6 is 0 Å². The van der Waals surface area contributed by atoms with E-state index in [2.05, 4.69) is 5.43 Å². The molecule has 0 unspecified atom stereocenters. The molecule has 2 N–H and O–H groups in total. The lowest BCUT2D eigenvalue weighted by Gasteiger charge is -2.31. The van der Waals surface area contributed by atoms with Gasteiger partial charge < -0.3 is 5.11 Å². The van der Waals surface area contributed by atoms with E-state index in [1.54, 1.807) is 0 Å². The van der Waals surface area contributed by atoms with Crippen LogP contribution in [0.15, 0.2) is 0 Å². The third-order valence-corrected chi connectivity index (χ3v) is 2.29. The van der Waals surface area contributed by atoms with Crippen LogP contribution in [0.2, 0.25) is 0 Å². The number of hydrazine groups is 1. The Balaban J connectivity index is 2.02. The average Bonchev–Trinajstić information content (AvgIpc) is 2.81. The summed E-state index contributed by atoms with van der Waals surface area (Å²) in [6, 6.07) is 0. The van der Waals surface area contributed by atoms with Crippen LogP contribution in [0.3, 0.4) is 0 Å². The molecular weight excluding hydrogens is 176 g/mol. The fraction of sp³-hybridized carbons (Fsp3) is 0.571. The number of nitrogens with zero attached hydrogens (tertiary/aromatic N) is 1. The molecule has 0 aromatic carbocycles. The van der Waals surface area contributed by atoms with E-state index in [0.29, 0.717) is 12.8 Å². The Morgan fingerprint density at radius 2 is 1.92 bits per heavy atom. The predicted octanol–water partition coefficient (Wildman–Crippen LogP) is -1.13. The number of aliphatic carboxylic acids is 1. The molecule has 1 saturated heterocycles. The first-order valence-corrected chi connectivity index (χ1v) is 3.92. The highest BCUT2D eigenvalue weighted by molar-refractivity contribution is 6.14. The molecule has 0 aromatic rings. The number of carboxylic acids is 1. The minimum atomic E-state index is -1.06. The summed E-state index contributed by atoms with van der Waals surface area (Å²) in [6.07, 6.45) is 0.793. The van der Waals surface area contributed by atoms with Gasteiger partial charge in [0.05, 0.1) is 0 Å². The van der Waals surface area contributed by atoms with Gasteiger partial charge in [-0.1, -0.05) is 0 Å². The molecule has 1 aliphatic carbocycles. The van der Waals surface area contributed by atoms with Gasteiger partial charge in [-0.15, -0.1) is 0 Å². The standard InChI is InChI=1S/C7H8N2O4/c10-4-3-5(11)9(4)8-7(1-2-7)6(12)13/h8H,1-3H2,(H,12,13). The second-order valence-corrected chi connectivity index (χ2v) is 3.30. The van der Waals surface area contributed by atoms with Crippen molar-refractivity contribution in [3.05, 3.63) is 0 Å². The normalized spacial score (nSPS) is 24.2. The summed E-state index contributed by atoms with van der Waals surface area (Å²) in [5.74, 6) is -1.74. The zero-order chi connectivity index (χ0) is 9.64. The maximum absolute atomic E-state index is 10.8. The minimum Gasteiger partial charge on any atom is -0.480 e. The highest BCUT2D eigenvalue weighted by Gasteiger charge is 2.54. The number of amides is 2. The molecule has 2 fully saturated rings. The van der Waals surface area contributed by atoms with Crippen LogP contribution in [0, 0.1) is 0 Å². The van der Waals surface area contributed by atoms with E-state index >= 15 is 0 Å². The molecule has 0 aromatic heterocycles. The van der Waals surface area contributed by atoms with Gasteiger partial charge >= 0.3 is 5.97 Å². The molecule has 1 saturated carbocycles. The topological polar surface area (TPSA) is 86.7 Å². The number of imide groups is 1. The summed E-state index contributed by atoms with van der Waals surface area (Å²) in [5, 5.41) is 9.53. The van der Waals surface area contributed by atoms with Crippen molar-refractivity contribution in [3.63, 3.8) is 0 Å². The molecule has 1 heterocycles. The molecule has 2 rings (SSSR count). The Kier molecular flexibility index (Phi) is 1.44. The van der Waals surface area contributed by atoms with Gasteiger partial charge in [-0.2, -0.15) is 0 Å². The van der Waals surface area contributed by atoms with Crippen molar-refractivity contribution in [2.45, 2.75) is 24.8 Å². The number of carbonyl (C=O) groups excluding carboxylic acids is 2. The Morgan fingerprint density at radius 3 is 2.23 bits per heavy atom. The average molecular weight is 184 g/mol. The number of carboxylic acid groups (broad SMARTS) is 1. The number of nitrogens with one attached hydrogen (secondary N) is 1. The van der Waals surface area contributed by atoms with E-state index in [0.717, 1.165) is 5.01 Å². The zero-order valence-corrected chi connectivity index (χ0v) is 6.74. The van der Waals surface area contributed by atoms with E-state index in [-0.39, 0.29) is 18.2 Å². The molecular formula is C7H8N2O4. The van der Waals surface area contributed by atoms with E-state index in [4.69, 9.17) is 5.11 Å². The first-order chi connectivity index (χ1) is 6.05. The third kappa shape index (κ3) is 1.10. The Labute approximate surface area is 73.5 Å². The fourth-order valence-corrected chi connectivity index (χ4v) is 1.17. The van der Waals surface area contributed by atoms with Gasteiger partial charge in [-0.05, 0) is 12.8 Å². The first-order valence-electron chi connectivity index (χ1n) is 3.92. The maximum Gasteiger partial charge on any atom is 0.325 e. The van der Waals surface area contributed by atoms with Crippen molar-refractivity contribution in [2.24, 2.45) is 0 Å². The summed E-state index contributed by atoms with van der Waals surface area (Å²) in [4.78, 5) is 32.3. The van der Waals surface area contributed by atoms with E-state index in [9.17, 15) is 14.4 Å². The zero-order valence-electron chi connectivity index (χ0n) is 6.74. The molecule has 1 aliphatic heterocycles. The van der Waals surface area contributed by atoms with Crippen LogP contribution in [-0.2, 0) is 14.4 Å². The lowest BCUT2D eigenvalue weighted by molar-refractivity contribution is -0.165. The fourth-order valence-electron chi connectivity index (χ4n) is 1.17. The van der Waals surface area contributed by atoms with Crippen molar-refractivity contribution >= 4 is 17.8 Å². The van der Waals surface area contributed by atoms with Gasteiger partial charge in [0.25, 0.3) is 11.8 Å². The van der Waals surface area contributed by atoms with Crippen LogP contribution in [0.5, 0.6) is 0 Å². The highest BCUT2D eigenvalue weighted by atomic mass is 16.4. The largest absolute Gasteiger partial charge is 0.480 e. The highest BCUT2D eigenvalue weighted by Crippen LogP contribution is 2.36. The third-order valence-electron chi connectivity index (χ3n) is 2.29. The Hall–Kier alpha value is -1.43. The van der Waals surface area contributed by atoms with E-state index in [1.165, 1.54) is 0 Å². The van der Waals surface area contributed by atoms with Crippen LogP contribution < -0.4 is 5.43 Å². The molecule has 70 valence electrons. The monoisotopic (exact) mass is 184 g/mol. The van der Waals surface area contributed by atoms with E-state index < -0.39 is 11.5 Å². The van der Waals surface area contributed by atoms with Crippen LogP contribution in [0.1, 0.15) is 19.3 Å². The molecule has 6 heteroatoms. The van der Waals surface area contributed by atoms with Crippen molar-refractivity contribution in [1.29, 1.82) is 0 Å². The SMILES string of the molecule is O=C1CC(=O)N1NC1(C(=O)O)CC1. The van der Waals surface area contributed by atoms with Crippen molar-refractivity contribution in [1.82, 2.24) is 10.4 Å². The van der Waals surface area contributed by atoms with Gasteiger partial charge in [0.1, 0.15) is 12.0 Å². The van der Waals surface area contributed by atoms with Crippen LogP contribution in [0.25, 0.3) is 0 Å². The van der Waals surface area contributed by atoms with Gasteiger partial charge in [0.2, 0.25) is 0 Å². The predicted molar refractivity (Wildman–Crippen MR) is 39.2 cm³/mol. The molecule has 0 spiro atoms. The first kappa shape index (κ1) is 8.18. The second-order valence-electron chi connectivity index (χ2n) is 3.30. The van der Waals surface area contributed by atoms with Gasteiger partial charge in [-0.25, -0.2) is 10.4 Å². The summed E-state index contributed by atoms with van der Waals surface area (Å²) >= 11 is 0. The number of rotatable bonds is 3. The molecule has 6 nitrogen and oxygen atoms in total. The Bertz CT molecular complexity index is 294. The minimum absolute atomic E-state index is 0.122. The van der Waals surface area contributed by atoms with Crippen molar-refractivity contribution in [2.75, 3.05) is 0 Å². The lowest BCUT2D eigenvalue weighted by atomic mass is 10.2. The maximum atomic E-state index is 10.8. The number of hydrogen-bond donors (Lipinski definition) is 2. The number of carbonyl (C=O) groups is 3. The van der Waals surface area contributed by atoms with Crippen molar-refractivity contribution < 1.29 is 19.5 Å². The van der Waals surface area contributed by atoms with Crippen molar-refractivity contribution in [3.8, 4) is 0 Å². The number of hydrogen-bond acceptors (Lipinski definition) is 4. The lowest BCUT2D eigenvalue weighted by Crippen LogP contribution is -2.62. The molecule has 0 atom stereocenters. The summed E-state index contributed by atoms with van der Waals surface area (Å²) in [7, 11) is 0. The van der Waals surface area contributed by atoms with Gasteiger partial charge in [0, 0.05) is 0 Å². The van der Waals surface area contributed by atoms with Gasteiger partial charge in [0.15, 0.2) is 0 Å². The molecule has 2 amide bonds.